The number of esters is 2. The summed E-state index contributed by atoms with van der Waals surface area (Å²) in [7, 11) is 0. The van der Waals surface area contributed by atoms with E-state index < -0.39 is 23.6 Å². The molecule has 0 spiro atoms. The molecule has 1 unspecified atom stereocenters. The van der Waals surface area contributed by atoms with Crippen LogP contribution in [0.2, 0.25) is 0 Å². The lowest BCUT2D eigenvalue weighted by atomic mass is 10.2. The average molecular weight is 202 g/mol. The summed E-state index contributed by atoms with van der Waals surface area (Å²) >= 11 is 0. The molecule has 0 N–H and O–H groups in total. The van der Waals surface area contributed by atoms with Gasteiger partial charge in [0.05, 0.1) is 0 Å². The predicted octanol–water partition coefficient (Wildman–Crippen LogP) is 1.67. The molecule has 0 saturated carbocycles. The Morgan fingerprint density at radius 2 is 1.79 bits per heavy atom. The van der Waals surface area contributed by atoms with Crippen LogP contribution in [0.3, 0.4) is 0 Å². The highest BCUT2D eigenvalue weighted by Gasteiger charge is 2.23. The molecule has 0 aliphatic heterocycles. The molecule has 0 radical (unpaired) electrons. The Bertz CT molecular complexity index is 215. The number of carbonyl (C=O) groups is 2. The zero-order valence-electron chi connectivity index (χ0n) is 9.42. The van der Waals surface area contributed by atoms with Gasteiger partial charge in [-0.05, 0) is 27.7 Å². The molecule has 1 atom stereocenters. The third kappa shape index (κ3) is 5.56. The van der Waals surface area contributed by atoms with Crippen LogP contribution in [0.25, 0.3) is 0 Å². The van der Waals surface area contributed by atoms with Crippen LogP contribution in [0, 0.1) is 0 Å². The van der Waals surface area contributed by atoms with Gasteiger partial charge in [0, 0.05) is 6.42 Å². The zero-order valence-corrected chi connectivity index (χ0v) is 9.42. The van der Waals surface area contributed by atoms with Gasteiger partial charge in [0.1, 0.15) is 5.60 Å². The number of ether oxygens (including phenoxy) is 2. The van der Waals surface area contributed by atoms with E-state index in [-0.39, 0.29) is 6.42 Å². The molecule has 0 amide bonds. The maximum absolute atomic E-state index is 11.3. The molecule has 14 heavy (non-hydrogen) atoms. The van der Waals surface area contributed by atoms with Gasteiger partial charge < -0.3 is 9.47 Å². The molecular weight excluding hydrogens is 184 g/mol. The first-order valence-corrected chi connectivity index (χ1v) is 4.68. The van der Waals surface area contributed by atoms with Crippen molar-refractivity contribution >= 4 is 11.9 Å². The molecule has 0 aromatic carbocycles. The Kier molecular flexibility index (Phi) is 4.60. The molecule has 0 saturated heterocycles. The van der Waals surface area contributed by atoms with Gasteiger partial charge in [-0.15, -0.1) is 0 Å². The van der Waals surface area contributed by atoms with Crippen molar-refractivity contribution in [1.82, 2.24) is 0 Å². The summed E-state index contributed by atoms with van der Waals surface area (Å²) in [5.74, 6) is -0.914. The van der Waals surface area contributed by atoms with Gasteiger partial charge >= 0.3 is 11.9 Å². The second kappa shape index (κ2) is 4.98. The minimum atomic E-state index is -0.832. The molecule has 82 valence electrons. The van der Waals surface area contributed by atoms with Crippen LogP contribution in [-0.4, -0.2) is 23.6 Å². The van der Waals surface area contributed by atoms with Gasteiger partial charge in [-0.3, -0.25) is 4.79 Å². The maximum atomic E-state index is 11.3. The molecule has 0 aromatic rings. The molecule has 0 aliphatic rings. The van der Waals surface area contributed by atoms with Crippen molar-refractivity contribution in [3.05, 3.63) is 0 Å². The number of hydrogen-bond donors (Lipinski definition) is 0. The van der Waals surface area contributed by atoms with Crippen molar-refractivity contribution in [3.63, 3.8) is 0 Å². The molecule has 0 fully saturated rings. The van der Waals surface area contributed by atoms with Gasteiger partial charge in [0.15, 0.2) is 6.10 Å². The van der Waals surface area contributed by atoms with Crippen LogP contribution in [0.15, 0.2) is 0 Å². The second-order valence-corrected chi connectivity index (χ2v) is 4.02. The lowest BCUT2D eigenvalue weighted by molar-refractivity contribution is -0.174. The van der Waals surface area contributed by atoms with Crippen molar-refractivity contribution in [2.24, 2.45) is 0 Å². The molecule has 0 bridgehead atoms. The first-order chi connectivity index (χ1) is 6.26. The smallest absolute Gasteiger partial charge is 0.347 e. The first kappa shape index (κ1) is 12.9. The van der Waals surface area contributed by atoms with E-state index >= 15 is 0 Å². The second-order valence-electron chi connectivity index (χ2n) is 4.02. The highest BCUT2D eigenvalue weighted by molar-refractivity contribution is 5.79. The van der Waals surface area contributed by atoms with Gasteiger partial charge in [-0.1, -0.05) is 6.92 Å². The van der Waals surface area contributed by atoms with Crippen LogP contribution >= 0.6 is 0 Å². The van der Waals surface area contributed by atoms with E-state index in [0.29, 0.717) is 0 Å². The summed E-state index contributed by atoms with van der Waals surface area (Å²) in [5, 5.41) is 0. The van der Waals surface area contributed by atoms with Gasteiger partial charge in [-0.25, -0.2) is 4.79 Å². The lowest BCUT2D eigenvalue weighted by Gasteiger charge is -2.22. The van der Waals surface area contributed by atoms with Crippen molar-refractivity contribution in [2.45, 2.75) is 52.7 Å². The third-order valence-corrected chi connectivity index (χ3v) is 1.34. The fraction of sp³-hybridized carbons (Fsp3) is 0.800. The highest BCUT2D eigenvalue weighted by atomic mass is 16.6. The standard InChI is InChI=1S/C10H18O4/c1-6-8(11)13-7(2)9(12)14-10(3,4)5/h7H,6H2,1-5H3. The van der Waals surface area contributed by atoms with Crippen LogP contribution in [0.5, 0.6) is 0 Å². The Morgan fingerprint density at radius 3 is 2.14 bits per heavy atom. The van der Waals surface area contributed by atoms with Crippen molar-refractivity contribution in [1.29, 1.82) is 0 Å². The summed E-state index contributed by atoms with van der Waals surface area (Å²) in [6.45, 7) is 8.46. The summed E-state index contributed by atoms with van der Waals surface area (Å²) in [6.07, 6.45) is -0.575. The molecule has 0 heterocycles. The van der Waals surface area contributed by atoms with E-state index in [1.165, 1.54) is 6.92 Å². The fourth-order valence-electron chi connectivity index (χ4n) is 0.713. The number of hydrogen-bond acceptors (Lipinski definition) is 4. The third-order valence-electron chi connectivity index (χ3n) is 1.34. The average Bonchev–Trinajstić information content (AvgIpc) is 2.00. The zero-order chi connectivity index (χ0) is 11.4. The van der Waals surface area contributed by atoms with Crippen LogP contribution < -0.4 is 0 Å². The molecular formula is C10H18O4. The van der Waals surface area contributed by atoms with E-state index in [0.717, 1.165) is 0 Å². The first-order valence-electron chi connectivity index (χ1n) is 4.68. The summed E-state index contributed by atoms with van der Waals surface area (Å²) in [4.78, 5) is 22.2. The molecule has 0 rings (SSSR count). The number of rotatable bonds is 3. The van der Waals surface area contributed by atoms with E-state index in [9.17, 15) is 9.59 Å². The fourth-order valence-corrected chi connectivity index (χ4v) is 0.713. The Balaban J connectivity index is 4.07. The van der Waals surface area contributed by atoms with Crippen LogP contribution in [0.1, 0.15) is 41.0 Å². The SMILES string of the molecule is CCC(=O)OC(C)C(=O)OC(C)(C)C. The van der Waals surface area contributed by atoms with Crippen molar-refractivity contribution < 1.29 is 19.1 Å². The Labute approximate surface area is 84.6 Å². The highest BCUT2D eigenvalue weighted by Crippen LogP contribution is 2.09. The monoisotopic (exact) mass is 202 g/mol. The van der Waals surface area contributed by atoms with Crippen LogP contribution in [-0.2, 0) is 19.1 Å². The topological polar surface area (TPSA) is 52.6 Å². The molecule has 0 aliphatic carbocycles. The van der Waals surface area contributed by atoms with Crippen LogP contribution in [0.4, 0.5) is 0 Å². The van der Waals surface area contributed by atoms with Gasteiger partial charge in [-0.2, -0.15) is 0 Å². The van der Waals surface area contributed by atoms with Gasteiger partial charge in [0.2, 0.25) is 0 Å². The Morgan fingerprint density at radius 1 is 1.29 bits per heavy atom. The van der Waals surface area contributed by atoms with Crippen molar-refractivity contribution in [2.75, 3.05) is 0 Å². The quantitative estimate of drug-likeness (QED) is 0.653. The van der Waals surface area contributed by atoms with E-state index in [1.807, 2.05) is 0 Å². The Hall–Kier alpha value is -1.06. The molecule has 4 heteroatoms. The minimum Gasteiger partial charge on any atom is -0.457 e. The molecule has 0 aromatic heterocycles. The number of carbonyl (C=O) groups excluding carboxylic acids is 2. The predicted molar refractivity (Wildman–Crippen MR) is 51.7 cm³/mol. The van der Waals surface area contributed by atoms with E-state index in [2.05, 4.69) is 0 Å². The van der Waals surface area contributed by atoms with Crippen molar-refractivity contribution in [3.8, 4) is 0 Å². The summed E-state index contributed by atoms with van der Waals surface area (Å²) in [5.41, 5.74) is -0.552. The lowest BCUT2D eigenvalue weighted by Crippen LogP contribution is -2.32. The van der Waals surface area contributed by atoms with E-state index in [4.69, 9.17) is 9.47 Å². The van der Waals surface area contributed by atoms with Gasteiger partial charge in [0.25, 0.3) is 0 Å². The summed E-state index contributed by atoms with van der Waals surface area (Å²) in [6, 6.07) is 0. The molecule has 4 nitrogen and oxygen atoms in total. The summed E-state index contributed by atoms with van der Waals surface area (Å²) < 4.78 is 9.82. The maximum Gasteiger partial charge on any atom is 0.347 e. The largest absolute Gasteiger partial charge is 0.457 e. The minimum absolute atomic E-state index is 0.257. The normalized spacial score (nSPS) is 13.2. The van der Waals surface area contributed by atoms with E-state index in [1.54, 1.807) is 27.7 Å².